The molecule has 1 aromatic carbocycles. The minimum atomic E-state index is 0.0987. The van der Waals surface area contributed by atoms with Gasteiger partial charge in [-0.15, -0.1) is 0 Å². The number of piperidine rings is 1. The van der Waals surface area contributed by atoms with Crippen LogP contribution in [0.4, 0.5) is 0 Å². The number of benzene rings is 1. The molecule has 1 aliphatic rings. The molecule has 20 heavy (non-hydrogen) atoms. The van der Waals surface area contributed by atoms with E-state index in [4.69, 9.17) is 4.42 Å². The molecule has 2 aromatic rings. The second kappa shape index (κ2) is 5.80. The van der Waals surface area contributed by atoms with Crippen LogP contribution < -0.4 is 0 Å². The minimum absolute atomic E-state index is 0.0987. The summed E-state index contributed by atoms with van der Waals surface area (Å²) in [6.07, 6.45) is 4.81. The van der Waals surface area contributed by atoms with Gasteiger partial charge in [0.25, 0.3) is 0 Å². The lowest BCUT2D eigenvalue weighted by Gasteiger charge is -2.34. The summed E-state index contributed by atoms with van der Waals surface area (Å²) in [6.45, 7) is 3.72. The van der Waals surface area contributed by atoms with Crippen molar-refractivity contribution in [2.45, 2.75) is 38.6 Å². The van der Waals surface area contributed by atoms with Crippen molar-refractivity contribution in [1.82, 2.24) is 4.90 Å². The number of Topliss-reactive ketones (excluding diaryl/α,β-unsaturated/α-hetero) is 1. The van der Waals surface area contributed by atoms with Crippen molar-refractivity contribution >= 4 is 16.8 Å². The Kier molecular flexibility index (Phi) is 3.88. The lowest BCUT2D eigenvalue weighted by molar-refractivity contribution is 0.0814. The van der Waals surface area contributed by atoms with Crippen LogP contribution in [-0.2, 0) is 0 Å². The van der Waals surface area contributed by atoms with E-state index in [1.165, 1.54) is 19.3 Å². The van der Waals surface area contributed by atoms with Gasteiger partial charge in [0.05, 0.1) is 6.54 Å². The number of nitrogens with zero attached hydrogens (tertiary/aromatic N) is 1. The maximum absolute atomic E-state index is 12.4. The van der Waals surface area contributed by atoms with E-state index in [1.54, 1.807) is 0 Å². The van der Waals surface area contributed by atoms with Crippen LogP contribution in [0.5, 0.6) is 0 Å². The Morgan fingerprint density at radius 3 is 3.00 bits per heavy atom. The van der Waals surface area contributed by atoms with Crippen molar-refractivity contribution in [1.29, 1.82) is 0 Å². The molecule has 0 bridgehead atoms. The highest BCUT2D eigenvalue weighted by Gasteiger charge is 2.24. The number of hydrogen-bond donors (Lipinski definition) is 0. The molecule has 0 aliphatic carbocycles. The lowest BCUT2D eigenvalue weighted by atomic mass is 9.99. The fourth-order valence-corrected chi connectivity index (χ4v) is 3.11. The average molecular weight is 271 g/mol. The second-order valence-electron chi connectivity index (χ2n) is 5.60. The molecular formula is C17H21NO2. The molecule has 1 unspecified atom stereocenters. The van der Waals surface area contributed by atoms with Crippen molar-refractivity contribution < 1.29 is 9.21 Å². The first kappa shape index (κ1) is 13.4. The van der Waals surface area contributed by atoms with Crippen molar-refractivity contribution in [2.24, 2.45) is 0 Å². The minimum Gasteiger partial charge on any atom is -0.453 e. The summed E-state index contributed by atoms with van der Waals surface area (Å²) in [5.41, 5.74) is 0.793. The molecule has 1 aliphatic heterocycles. The fourth-order valence-electron chi connectivity index (χ4n) is 3.11. The average Bonchev–Trinajstić information content (AvgIpc) is 2.92. The number of ketones is 1. The highest BCUT2D eigenvalue weighted by Crippen LogP contribution is 2.22. The number of likely N-dealkylation sites (tertiary alicyclic amines) is 1. The van der Waals surface area contributed by atoms with E-state index in [0.29, 0.717) is 18.3 Å². The van der Waals surface area contributed by atoms with E-state index < -0.39 is 0 Å². The quantitative estimate of drug-likeness (QED) is 0.791. The van der Waals surface area contributed by atoms with Crippen molar-refractivity contribution in [2.75, 3.05) is 13.1 Å². The predicted molar refractivity (Wildman–Crippen MR) is 80.0 cm³/mol. The monoisotopic (exact) mass is 271 g/mol. The van der Waals surface area contributed by atoms with Crippen LogP contribution in [0.1, 0.15) is 43.2 Å². The van der Waals surface area contributed by atoms with E-state index in [2.05, 4.69) is 11.8 Å². The summed E-state index contributed by atoms with van der Waals surface area (Å²) in [5.74, 6) is 0.591. The zero-order valence-corrected chi connectivity index (χ0v) is 12.0. The Hall–Kier alpha value is -1.61. The maximum atomic E-state index is 12.4. The smallest absolute Gasteiger partial charge is 0.211 e. The van der Waals surface area contributed by atoms with Crippen LogP contribution >= 0.6 is 0 Å². The maximum Gasteiger partial charge on any atom is 0.211 e. The van der Waals surface area contributed by atoms with Gasteiger partial charge in [-0.2, -0.15) is 0 Å². The Balaban J connectivity index is 1.75. The van der Waals surface area contributed by atoms with Crippen LogP contribution in [0, 0.1) is 0 Å². The molecule has 0 saturated carbocycles. The molecular weight excluding hydrogens is 250 g/mol. The van der Waals surface area contributed by atoms with Gasteiger partial charge in [-0.05, 0) is 37.9 Å². The molecule has 106 valence electrons. The third kappa shape index (κ3) is 2.63. The van der Waals surface area contributed by atoms with Crippen LogP contribution in [0.2, 0.25) is 0 Å². The van der Waals surface area contributed by atoms with Gasteiger partial charge in [-0.25, -0.2) is 0 Å². The third-order valence-electron chi connectivity index (χ3n) is 4.27. The Morgan fingerprint density at radius 1 is 1.35 bits per heavy atom. The Morgan fingerprint density at radius 2 is 2.20 bits per heavy atom. The van der Waals surface area contributed by atoms with Gasteiger partial charge in [0.2, 0.25) is 5.78 Å². The number of furan rings is 1. The van der Waals surface area contributed by atoms with Crippen molar-refractivity contribution in [3.63, 3.8) is 0 Å². The van der Waals surface area contributed by atoms with Gasteiger partial charge in [0.1, 0.15) is 5.58 Å². The van der Waals surface area contributed by atoms with E-state index in [0.717, 1.165) is 23.9 Å². The molecule has 0 amide bonds. The molecule has 1 atom stereocenters. The highest BCUT2D eigenvalue weighted by atomic mass is 16.3. The first-order valence-corrected chi connectivity index (χ1v) is 7.53. The number of rotatable bonds is 4. The Labute approximate surface area is 119 Å². The van der Waals surface area contributed by atoms with Crippen LogP contribution in [0.15, 0.2) is 34.7 Å². The molecule has 0 radical (unpaired) electrons. The SMILES string of the molecule is CCC1CCCCN1CC(=O)c1cc2ccccc2o1. The van der Waals surface area contributed by atoms with E-state index in [1.807, 2.05) is 30.3 Å². The molecule has 0 spiro atoms. The molecule has 0 N–H and O–H groups in total. The van der Waals surface area contributed by atoms with Crippen molar-refractivity contribution in [3.8, 4) is 0 Å². The summed E-state index contributed by atoms with van der Waals surface area (Å²) >= 11 is 0. The van der Waals surface area contributed by atoms with E-state index in [-0.39, 0.29) is 5.78 Å². The predicted octanol–water partition coefficient (Wildman–Crippen LogP) is 3.88. The zero-order valence-electron chi connectivity index (χ0n) is 12.0. The lowest BCUT2D eigenvalue weighted by Crippen LogP contribution is -2.42. The van der Waals surface area contributed by atoms with Gasteiger partial charge in [-0.1, -0.05) is 31.5 Å². The molecule has 3 rings (SSSR count). The molecule has 3 heteroatoms. The van der Waals surface area contributed by atoms with Gasteiger partial charge in [0, 0.05) is 11.4 Å². The molecule has 2 heterocycles. The fraction of sp³-hybridized carbons (Fsp3) is 0.471. The standard InChI is InChI=1S/C17H21NO2/c1-2-14-8-5-6-10-18(14)12-15(19)17-11-13-7-3-4-9-16(13)20-17/h3-4,7,9,11,14H,2,5-6,8,10,12H2,1H3. The first-order valence-electron chi connectivity index (χ1n) is 7.53. The van der Waals surface area contributed by atoms with Crippen LogP contribution in [0.25, 0.3) is 11.0 Å². The van der Waals surface area contributed by atoms with Crippen LogP contribution in [-0.4, -0.2) is 29.8 Å². The Bertz CT molecular complexity index is 569. The first-order chi connectivity index (χ1) is 9.78. The van der Waals surface area contributed by atoms with E-state index in [9.17, 15) is 4.79 Å². The number of para-hydroxylation sites is 1. The summed E-state index contributed by atoms with van der Waals surface area (Å²) in [6, 6.07) is 10.2. The number of fused-ring (bicyclic) bond motifs is 1. The van der Waals surface area contributed by atoms with E-state index >= 15 is 0 Å². The normalized spacial score (nSPS) is 20.4. The summed E-state index contributed by atoms with van der Waals surface area (Å²) in [7, 11) is 0. The molecule has 1 fully saturated rings. The van der Waals surface area contributed by atoms with Gasteiger partial charge >= 0.3 is 0 Å². The molecule has 3 nitrogen and oxygen atoms in total. The largest absolute Gasteiger partial charge is 0.453 e. The number of carbonyl (C=O) groups excluding carboxylic acids is 1. The van der Waals surface area contributed by atoms with Gasteiger partial charge < -0.3 is 4.42 Å². The summed E-state index contributed by atoms with van der Waals surface area (Å²) in [5, 5.41) is 1.00. The van der Waals surface area contributed by atoms with Gasteiger partial charge in [0.15, 0.2) is 5.76 Å². The summed E-state index contributed by atoms with van der Waals surface area (Å²) in [4.78, 5) is 14.7. The third-order valence-corrected chi connectivity index (χ3v) is 4.27. The highest BCUT2D eigenvalue weighted by molar-refractivity contribution is 5.98. The topological polar surface area (TPSA) is 33.5 Å². The van der Waals surface area contributed by atoms with Crippen molar-refractivity contribution in [3.05, 3.63) is 36.1 Å². The summed E-state index contributed by atoms with van der Waals surface area (Å²) < 4.78 is 5.66. The van der Waals surface area contributed by atoms with Gasteiger partial charge in [-0.3, -0.25) is 9.69 Å². The molecule has 1 aromatic heterocycles. The zero-order chi connectivity index (χ0) is 13.9. The number of carbonyl (C=O) groups is 1. The number of hydrogen-bond acceptors (Lipinski definition) is 3. The second-order valence-corrected chi connectivity index (χ2v) is 5.60. The van der Waals surface area contributed by atoms with Crippen LogP contribution in [0.3, 0.4) is 0 Å². The molecule has 1 saturated heterocycles.